The van der Waals surface area contributed by atoms with Crippen molar-refractivity contribution >= 4 is 39.2 Å². The molecule has 0 saturated carbocycles. The van der Waals surface area contributed by atoms with Gasteiger partial charge in [-0.2, -0.15) is 5.10 Å². The minimum absolute atomic E-state index is 0.328. The molecule has 1 aromatic heterocycles. The zero-order chi connectivity index (χ0) is 16.9. The van der Waals surface area contributed by atoms with E-state index in [2.05, 4.69) is 10.5 Å². The van der Waals surface area contributed by atoms with E-state index >= 15 is 0 Å². The molecule has 0 radical (unpaired) electrons. The van der Waals surface area contributed by atoms with Crippen molar-refractivity contribution in [3.8, 4) is 0 Å². The van der Waals surface area contributed by atoms with Crippen LogP contribution in [0.15, 0.2) is 46.9 Å². The van der Waals surface area contributed by atoms with Gasteiger partial charge in [0.15, 0.2) is 0 Å². The fourth-order valence-electron chi connectivity index (χ4n) is 1.92. The Morgan fingerprint density at radius 2 is 2.04 bits per heavy atom. The van der Waals surface area contributed by atoms with Crippen molar-refractivity contribution in [1.29, 1.82) is 0 Å². The summed E-state index contributed by atoms with van der Waals surface area (Å²) in [6.07, 6.45) is 2.59. The number of sulfonamides is 1. The maximum absolute atomic E-state index is 12.0. The lowest BCUT2D eigenvalue weighted by molar-refractivity contribution is -0.119. The van der Waals surface area contributed by atoms with Crippen LogP contribution in [0, 0.1) is 6.92 Å². The summed E-state index contributed by atoms with van der Waals surface area (Å²) in [5, 5.41) is 5.72. The maximum Gasteiger partial charge on any atom is 0.260 e. The zero-order valence-electron chi connectivity index (χ0n) is 12.8. The Hall–Kier alpha value is -2.19. The van der Waals surface area contributed by atoms with Gasteiger partial charge in [0.05, 0.1) is 18.2 Å². The van der Waals surface area contributed by atoms with E-state index < -0.39 is 15.9 Å². The van der Waals surface area contributed by atoms with Gasteiger partial charge in [0.1, 0.15) is 6.54 Å². The molecule has 0 aliphatic heterocycles. The van der Waals surface area contributed by atoms with Crippen LogP contribution in [-0.4, -0.2) is 33.3 Å². The molecule has 0 atom stereocenters. The molecular weight excluding hydrogens is 334 g/mol. The molecule has 0 unspecified atom stereocenters. The number of aryl methyl sites for hydroxylation is 1. The van der Waals surface area contributed by atoms with Crippen molar-refractivity contribution in [3.05, 3.63) is 52.2 Å². The normalized spacial score (nSPS) is 11.6. The second kappa shape index (κ2) is 7.38. The molecule has 0 spiro atoms. The molecule has 1 heterocycles. The van der Waals surface area contributed by atoms with Crippen molar-refractivity contribution in [2.75, 3.05) is 17.1 Å². The van der Waals surface area contributed by atoms with E-state index in [9.17, 15) is 13.2 Å². The molecule has 0 bridgehead atoms. The summed E-state index contributed by atoms with van der Waals surface area (Å²) in [7, 11) is -3.58. The summed E-state index contributed by atoms with van der Waals surface area (Å²) >= 11 is 1.48. The number of carbonyl (C=O) groups is 1. The number of hydrogen-bond acceptors (Lipinski definition) is 5. The quantitative estimate of drug-likeness (QED) is 0.638. The highest BCUT2D eigenvalue weighted by Gasteiger charge is 2.21. The summed E-state index contributed by atoms with van der Waals surface area (Å²) in [5.41, 5.74) is 3.59. The Morgan fingerprint density at radius 3 is 2.65 bits per heavy atom. The van der Waals surface area contributed by atoms with Crippen LogP contribution >= 0.6 is 11.3 Å². The second-order valence-electron chi connectivity index (χ2n) is 4.86. The molecule has 1 N–H and O–H groups in total. The van der Waals surface area contributed by atoms with Crippen LogP contribution in [0.2, 0.25) is 0 Å². The minimum atomic E-state index is -3.58. The van der Waals surface area contributed by atoms with E-state index in [4.69, 9.17) is 0 Å². The first-order valence-corrected chi connectivity index (χ1v) is 9.49. The largest absolute Gasteiger partial charge is 0.271 e. The minimum Gasteiger partial charge on any atom is -0.271 e. The van der Waals surface area contributed by atoms with E-state index in [0.717, 1.165) is 21.0 Å². The van der Waals surface area contributed by atoms with Gasteiger partial charge in [-0.05, 0) is 30.0 Å². The standard InChI is InChI=1S/C15H17N3O3S2/c1-12-6-3-4-8-14(12)18(23(2,20)21)11-15(19)17-16-10-13-7-5-9-22-13/h3-10H,11H2,1-2H3,(H,17,19)/b16-10-. The molecule has 0 aliphatic carbocycles. The fourth-order valence-corrected chi connectivity index (χ4v) is 3.42. The Balaban J connectivity index is 2.10. The van der Waals surface area contributed by atoms with Gasteiger partial charge >= 0.3 is 0 Å². The summed E-state index contributed by atoms with van der Waals surface area (Å²) in [4.78, 5) is 12.9. The third-order valence-electron chi connectivity index (χ3n) is 3.00. The Morgan fingerprint density at radius 1 is 1.30 bits per heavy atom. The van der Waals surface area contributed by atoms with E-state index in [1.165, 1.54) is 17.6 Å². The van der Waals surface area contributed by atoms with Gasteiger partial charge in [-0.1, -0.05) is 24.3 Å². The average molecular weight is 351 g/mol. The van der Waals surface area contributed by atoms with Gasteiger partial charge in [0.25, 0.3) is 5.91 Å². The number of carbonyl (C=O) groups excluding carboxylic acids is 1. The first-order valence-electron chi connectivity index (χ1n) is 6.76. The predicted octanol–water partition coefficient (Wildman–Crippen LogP) is 1.97. The van der Waals surface area contributed by atoms with Gasteiger partial charge in [0.2, 0.25) is 10.0 Å². The molecule has 122 valence electrons. The summed E-state index contributed by atoms with van der Waals surface area (Å²) in [6.45, 7) is 1.46. The van der Waals surface area contributed by atoms with Crippen molar-refractivity contribution in [2.45, 2.75) is 6.92 Å². The molecule has 2 rings (SSSR count). The number of benzene rings is 1. The highest BCUT2D eigenvalue weighted by Crippen LogP contribution is 2.21. The Kier molecular flexibility index (Phi) is 5.51. The van der Waals surface area contributed by atoms with E-state index in [-0.39, 0.29) is 6.54 Å². The summed E-state index contributed by atoms with van der Waals surface area (Å²) < 4.78 is 25.0. The molecule has 1 aromatic carbocycles. The lowest BCUT2D eigenvalue weighted by atomic mass is 10.2. The number of rotatable bonds is 6. The lowest BCUT2D eigenvalue weighted by Crippen LogP contribution is -2.39. The van der Waals surface area contributed by atoms with Crippen LogP contribution in [0.3, 0.4) is 0 Å². The Bertz CT molecular complexity index is 799. The van der Waals surface area contributed by atoms with Gasteiger partial charge < -0.3 is 0 Å². The second-order valence-corrected chi connectivity index (χ2v) is 7.75. The molecule has 2 aromatic rings. The highest BCUT2D eigenvalue weighted by atomic mass is 32.2. The van der Waals surface area contributed by atoms with E-state index in [1.54, 1.807) is 25.1 Å². The van der Waals surface area contributed by atoms with Crippen molar-refractivity contribution < 1.29 is 13.2 Å². The molecule has 0 saturated heterocycles. The van der Waals surface area contributed by atoms with Crippen LogP contribution in [0.25, 0.3) is 0 Å². The van der Waals surface area contributed by atoms with Crippen LogP contribution in [0.4, 0.5) is 5.69 Å². The van der Waals surface area contributed by atoms with Gasteiger partial charge in [0, 0.05) is 4.88 Å². The monoisotopic (exact) mass is 351 g/mol. The van der Waals surface area contributed by atoms with Crippen molar-refractivity contribution in [1.82, 2.24) is 5.43 Å². The zero-order valence-corrected chi connectivity index (χ0v) is 14.4. The van der Waals surface area contributed by atoms with Gasteiger partial charge in [-0.25, -0.2) is 13.8 Å². The Labute approximate surface area is 139 Å². The number of nitrogens with one attached hydrogen (secondary N) is 1. The molecule has 1 amide bonds. The van der Waals surface area contributed by atoms with Crippen LogP contribution in [0.1, 0.15) is 10.4 Å². The highest BCUT2D eigenvalue weighted by molar-refractivity contribution is 7.92. The average Bonchev–Trinajstić information content (AvgIpc) is 2.98. The van der Waals surface area contributed by atoms with E-state index in [0.29, 0.717) is 5.69 Å². The fraction of sp³-hybridized carbons (Fsp3) is 0.200. The number of nitrogens with zero attached hydrogens (tertiary/aromatic N) is 2. The summed E-state index contributed by atoms with van der Waals surface area (Å²) in [5.74, 6) is -0.508. The lowest BCUT2D eigenvalue weighted by Gasteiger charge is -2.23. The number of thiophene rings is 1. The smallest absolute Gasteiger partial charge is 0.260 e. The number of amides is 1. The third kappa shape index (κ3) is 4.90. The first-order chi connectivity index (χ1) is 10.9. The predicted molar refractivity (Wildman–Crippen MR) is 93.4 cm³/mol. The first kappa shape index (κ1) is 17.2. The number of para-hydroxylation sites is 1. The third-order valence-corrected chi connectivity index (χ3v) is 4.93. The van der Waals surface area contributed by atoms with Gasteiger partial charge in [-0.15, -0.1) is 11.3 Å². The van der Waals surface area contributed by atoms with Crippen molar-refractivity contribution in [3.63, 3.8) is 0 Å². The van der Waals surface area contributed by atoms with E-state index in [1.807, 2.05) is 23.6 Å². The number of hydrogen-bond donors (Lipinski definition) is 1. The summed E-state index contributed by atoms with van der Waals surface area (Å²) in [6, 6.07) is 10.7. The van der Waals surface area contributed by atoms with Crippen LogP contribution in [-0.2, 0) is 14.8 Å². The maximum atomic E-state index is 12.0. The number of hydrazone groups is 1. The molecule has 0 fully saturated rings. The topological polar surface area (TPSA) is 78.8 Å². The van der Waals surface area contributed by atoms with Crippen LogP contribution < -0.4 is 9.73 Å². The van der Waals surface area contributed by atoms with Crippen molar-refractivity contribution in [2.24, 2.45) is 5.10 Å². The molecular formula is C15H17N3O3S2. The van der Waals surface area contributed by atoms with Gasteiger partial charge in [-0.3, -0.25) is 9.10 Å². The SMILES string of the molecule is Cc1ccccc1N(CC(=O)N/N=C\c1cccs1)S(C)(=O)=O. The molecule has 6 nitrogen and oxygen atoms in total. The molecule has 8 heteroatoms. The number of anilines is 1. The van der Waals surface area contributed by atoms with Crippen LogP contribution in [0.5, 0.6) is 0 Å². The molecule has 0 aliphatic rings. The molecule has 23 heavy (non-hydrogen) atoms.